The molecule has 2 amide bonds. The summed E-state index contributed by atoms with van der Waals surface area (Å²) >= 11 is 0. The van der Waals surface area contributed by atoms with Gasteiger partial charge in [0.2, 0.25) is 5.91 Å². The van der Waals surface area contributed by atoms with Gasteiger partial charge < -0.3 is 10.6 Å². The van der Waals surface area contributed by atoms with Crippen LogP contribution in [0.2, 0.25) is 0 Å². The summed E-state index contributed by atoms with van der Waals surface area (Å²) in [5.74, 6) is -0.402. The molecule has 26 heavy (non-hydrogen) atoms. The van der Waals surface area contributed by atoms with Crippen molar-refractivity contribution in [3.8, 4) is 0 Å². The van der Waals surface area contributed by atoms with Gasteiger partial charge in [-0.3, -0.25) is 14.6 Å². The first-order valence-corrected chi connectivity index (χ1v) is 9.27. The van der Waals surface area contributed by atoms with Gasteiger partial charge in [0.1, 0.15) is 17.6 Å². The summed E-state index contributed by atoms with van der Waals surface area (Å²) in [6.45, 7) is 0.747. The summed E-state index contributed by atoms with van der Waals surface area (Å²) in [5, 5.41) is 5.86. The Balaban J connectivity index is 1.57. The van der Waals surface area contributed by atoms with Crippen molar-refractivity contribution in [3.63, 3.8) is 0 Å². The monoisotopic (exact) mass is 358 g/mol. The molecule has 2 aliphatic heterocycles. The predicted octanol–water partition coefficient (Wildman–Crippen LogP) is 2.04. The fourth-order valence-corrected chi connectivity index (χ4v) is 4.22. The minimum Gasteiger partial charge on any atom is -0.368 e. The van der Waals surface area contributed by atoms with E-state index in [1.54, 1.807) is 0 Å². The third-order valence-corrected chi connectivity index (χ3v) is 5.83. The molecule has 2 heterocycles. The molecular weight excluding hydrogens is 335 g/mol. The van der Waals surface area contributed by atoms with Gasteiger partial charge in [-0.25, -0.2) is 4.39 Å². The van der Waals surface area contributed by atoms with Crippen LogP contribution in [0.3, 0.4) is 0 Å². The molecule has 2 N–H and O–H groups in total. The molecule has 2 fully saturated rings. The number of halogens is 1. The molecule has 0 spiro atoms. The molecule has 0 unspecified atom stereocenters. The highest BCUT2D eigenvalue weighted by molar-refractivity contribution is 6.40. The van der Waals surface area contributed by atoms with Crippen molar-refractivity contribution < 1.29 is 14.0 Å². The molecule has 2 atom stereocenters. The highest BCUT2D eigenvalue weighted by Crippen LogP contribution is 2.37. The SMILES string of the molecule is NC(=O)[C@@H]1CC(C(=O)N2CCC[C@H]2C2CCC2)=NN1c1ccc(F)cc1. The average molecular weight is 358 g/mol. The van der Waals surface area contributed by atoms with Gasteiger partial charge in [0.05, 0.1) is 5.69 Å². The predicted molar refractivity (Wildman–Crippen MR) is 96.0 cm³/mol. The summed E-state index contributed by atoms with van der Waals surface area (Å²) in [6.07, 6.45) is 5.87. The Morgan fingerprint density at radius 1 is 1.12 bits per heavy atom. The molecular formula is C19H23FN4O2. The molecule has 138 valence electrons. The highest BCUT2D eigenvalue weighted by Gasteiger charge is 2.42. The summed E-state index contributed by atoms with van der Waals surface area (Å²) < 4.78 is 13.2. The van der Waals surface area contributed by atoms with E-state index in [9.17, 15) is 14.0 Å². The number of hydrazone groups is 1. The number of nitrogens with two attached hydrogens (primary N) is 1. The number of anilines is 1. The van der Waals surface area contributed by atoms with Crippen LogP contribution in [0.25, 0.3) is 0 Å². The van der Waals surface area contributed by atoms with Crippen molar-refractivity contribution in [1.29, 1.82) is 0 Å². The molecule has 7 heteroatoms. The maximum absolute atomic E-state index is 13.2. The van der Waals surface area contributed by atoms with Gasteiger partial charge in [-0.15, -0.1) is 0 Å². The number of hydrogen-bond donors (Lipinski definition) is 1. The van der Waals surface area contributed by atoms with Gasteiger partial charge >= 0.3 is 0 Å². The van der Waals surface area contributed by atoms with Crippen molar-refractivity contribution in [2.75, 3.05) is 11.6 Å². The molecule has 1 aromatic carbocycles. The number of amides is 2. The van der Waals surface area contributed by atoms with E-state index in [0.29, 0.717) is 23.4 Å². The molecule has 4 rings (SSSR count). The summed E-state index contributed by atoms with van der Waals surface area (Å²) in [6, 6.07) is 5.26. The normalized spacial score (nSPS) is 26.0. The summed E-state index contributed by atoms with van der Waals surface area (Å²) in [7, 11) is 0. The summed E-state index contributed by atoms with van der Waals surface area (Å²) in [5.41, 5.74) is 6.44. The third kappa shape index (κ3) is 2.95. The lowest BCUT2D eigenvalue weighted by Gasteiger charge is -2.36. The van der Waals surface area contributed by atoms with Crippen LogP contribution >= 0.6 is 0 Å². The van der Waals surface area contributed by atoms with Gasteiger partial charge in [0.25, 0.3) is 5.91 Å². The van der Waals surface area contributed by atoms with Crippen molar-refractivity contribution in [2.45, 2.75) is 50.6 Å². The van der Waals surface area contributed by atoms with Gasteiger partial charge in [0, 0.05) is 19.0 Å². The maximum atomic E-state index is 13.2. The highest BCUT2D eigenvalue weighted by atomic mass is 19.1. The second-order valence-corrected chi connectivity index (χ2v) is 7.39. The van der Waals surface area contributed by atoms with E-state index in [4.69, 9.17) is 5.73 Å². The number of carbonyl (C=O) groups excluding carboxylic acids is 2. The number of hydrogen-bond acceptors (Lipinski definition) is 4. The van der Waals surface area contributed by atoms with E-state index in [1.165, 1.54) is 48.5 Å². The zero-order chi connectivity index (χ0) is 18.3. The van der Waals surface area contributed by atoms with E-state index in [1.807, 2.05) is 4.90 Å². The molecule has 0 radical (unpaired) electrons. The largest absolute Gasteiger partial charge is 0.368 e. The van der Waals surface area contributed by atoms with Crippen molar-refractivity contribution >= 4 is 23.2 Å². The number of likely N-dealkylation sites (tertiary alicyclic amines) is 1. The molecule has 1 aromatic rings. The van der Waals surface area contributed by atoms with Crippen molar-refractivity contribution in [1.82, 2.24) is 4.90 Å². The van der Waals surface area contributed by atoms with Crippen molar-refractivity contribution in [2.24, 2.45) is 16.8 Å². The fraction of sp³-hybridized carbons (Fsp3) is 0.526. The molecule has 0 bridgehead atoms. The van der Waals surface area contributed by atoms with E-state index in [0.717, 1.165) is 19.4 Å². The van der Waals surface area contributed by atoms with E-state index in [2.05, 4.69) is 5.10 Å². The Kier molecular flexibility index (Phi) is 4.38. The first kappa shape index (κ1) is 17.0. The quantitative estimate of drug-likeness (QED) is 0.894. The number of benzene rings is 1. The van der Waals surface area contributed by atoms with Gasteiger partial charge in [-0.05, 0) is 55.9 Å². The van der Waals surface area contributed by atoms with Gasteiger partial charge in [0.15, 0.2) is 0 Å². The number of primary amides is 1. The topological polar surface area (TPSA) is 79.0 Å². The zero-order valence-corrected chi connectivity index (χ0v) is 14.6. The van der Waals surface area contributed by atoms with E-state index < -0.39 is 11.9 Å². The molecule has 1 saturated heterocycles. The lowest BCUT2D eigenvalue weighted by atomic mass is 9.78. The standard InChI is InChI=1S/C19H23FN4O2/c20-13-6-8-14(9-7-13)24-17(18(21)25)11-15(22-24)19(26)23-10-2-5-16(23)12-3-1-4-12/h6-9,12,16-17H,1-5,10-11H2,(H2,21,25)/t16-,17-/m0/s1. The minimum absolute atomic E-state index is 0.0877. The van der Waals surface area contributed by atoms with Crippen LogP contribution in [0, 0.1) is 11.7 Å². The molecule has 6 nitrogen and oxygen atoms in total. The lowest BCUT2D eigenvalue weighted by Crippen LogP contribution is -2.45. The molecule has 1 aliphatic carbocycles. The van der Waals surface area contributed by atoms with Crippen LogP contribution < -0.4 is 10.7 Å². The Morgan fingerprint density at radius 3 is 2.46 bits per heavy atom. The first-order valence-electron chi connectivity index (χ1n) is 9.27. The summed E-state index contributed by atoms with van der Waals surface area (Å²) in [4.78, 5) is 26.9. The van der Waals surface area contributed by atoms with Crippen LogP contribution in [0.4, 0.5) is 10.1 Å². The fourth-order valence-electron chi connectivity index (χ4n) is 4.22. The number of rotatable bonds is 4. The van der Waals surface area contributed by atoms with Crippen LogP contribution in [0.15, 0.2) is 29.4 Å². The smallest absolute Gasteiger partial charge is 0.270 e. The first-order chi connectivity index (χ1) is 12.5. The Labute approximate surface area is 151 Å². The Hall–Kier alpha value is -2.44. The molecule has 3 aliphatic rings. The average Bonchev–Trinajstić information content (AvgIpc) is 3.21. The van der Waals surface area contributed by atoms with Crippen LogP contribution in [0.5, 0.6) is 0 Å². The van der Waals surface area contributed by atoms with Crippen LogP contribution in [0.1, 0.15) is 38.5 Å². The van der Waals surface area contributed by atoms with Crippen molar-refractivity contribution in [3.05, 3.63) is 30.1 Å². The second kappa shape index (κ2) is 6.70. The third-order valence-electron chi connectivity index (χ3n) is 5.83. The maximum Gasteiger partial charge on any atom is 0.270 e. The zero-order valence-electron chi connectivity index (χ0n) is 14.6. The Bertz CT molecular complexity index is 744. The molecule has 0 aromatic heterocycles. The number of carbonyl (C=O) groups is 2. The second-order valence-electron chi connectivity index (χ2n) is 7.39. The van der Waals surface area contributed by atoms with Crippen LogP contribution in [-0.2, 0) is 9.59 Å². The van der Waals surface area contributed by atoms with Gasteiger partial charge in [-0.1, -0.05) is 6.42 Å². The number of nitrogens with zero attached hydrogens (tertiary/aromatic N) is 3. The minimum atomic E-state index is -0.718. The van der Waals surface area contributed by atoms with E-state index in [-0.39, 0.29) is 18.1 Å². The lowest BCUT2D eigenvalue weighted by molar-refractivity contribution is -0.126. The molecule has 1 saturated carbocycles. The van der Waals surface area contributed by atoms with Crippen LogP contribution in [-0.4, -0.2) is 41.1 Å². The van der Waals surface area contributed by atoms with E-state index >= 15 is 0 Å². The van der Waals surface area contributed by atoms with Gasteiger partial charge in [-0.2, -0.15) is 5.10 Å². The Morgan fingerprint density at radius 2 is 1.85 bits per heavy atom.